The van der Waals surface area contributed by atoms with Gasteiger partial charge in [-0.15, -0.1) is 0 Å². The van der Waals surface area contributed by atoms with E-state index in [1.165, 1.54) is 12.1 Å². The molecule has 0 radical (unpaired) electrons. The van der Waals surface area contributed by atoms with Gasteiger partial charge in [0.2, 0.25) is 0 Å². The second-order valence-electron chi connectivity index (χ2n) is 3.64. The minimum absolute atomic E-state index is 0.203. The van der Waals surface area contributed by atoms with Crippen LogP contribution in [0.4, 0.5) is 4.39 Å². The summed E-state index contributed by atoms with van der Waals surface area (Å²) in [5.74, 6) is 0.996. The molecule has 1 aromatic rings. The number of benzene rings is 1. The van der Waals surface area contributed by atoms with Crippen molar-refractivity contribution < 1.29 is 9.18 Å². The molecule has 1 aliphatic carbocycles. The van der Waals surface area contributed by atoms with Gasteiger partial charge in [-0.1, -0.05) is 12.1 Å². The van der Waals surface area contributed by atoms with E-state index in [2.05, 4.69) is 0 Å². The summed E-state index contributed by atoms with van der Waals surface area (Å²) in [4.78, 5) is 9.22. The van der Waals surface area contributed by atoms with Crippen LogP contribution in [-0.2, 0) is 0 Å². The van der Waals surface area contributed by atoms with E-state index in [9.17, 15) is 9.18 Å². The summed E-state index contributed by atoms with van der Waals surface area (Å²) in [5.41, 5.74) is 1.12. The maximum Gasteiger partial charge on any atom is 0.293 e. The molecule has 0 amide bonds. The number of hydrogen-bond acceptors (Lipinski definition) is 0. The average molecular weight is 179 g/mol. The second-order valence-corrected chi connectivity index (χ2v) is 3.64. The third-order valence-corrected chi connectivity index (χ3v) is 2.63. The fourth-order valence-electron chi connectivity index (χ4n) is 1.74. The third kappa shape index (κ3) is 1.62. The van der Waals surface area contributed by atoms with E-state index in [1.54, 1.807) is 19.1 Å². The summed E-state index contributed by atoms with van der Waals surface area (Å²) in [6.07, 6.45) is 0.994. The molecule has 2 atom stereocenters. The molecule has 0 aromatic heterocycles. The molecule has 0 bridgehead atoms. The summed E-state index contributed by atoms with van der Waals surface area (Å²) in [5, 5.41) is 0. The second kappa shape index (κ2) is 2.95. The predicted molar refractivity (Wildman–Crippen MR) is 49.9 cm³/mol. The summed E-state index contributed by atoms with van der Waals surface area (Å²) in [7, 11) is 0. The van der Waals surface area contributed by atoms with Gasteiger partial charge in [0.05, 0.1) is 5.92 Å². The van der Waals surface area contributed by atoms with Crippen molar-refractivity contribution in [2.24, 2.45) is 5.92 Å². The van der Waals surface area contributed by atoms with Crippen molar-refractivity contribution in [2.75, 3.05) is 0 Å². The Kier molecular flexibility index (Phi) is 1.91. The van der Waals surface area contributed by atoms with E-state index >= 15 is 0 Å². The van der Waals surface area contributed by atoms with Crippen LogP contribution in [0.3, 0.4) is 0 Å². The van der Waals surface area contributed by atoms with Gasteiger partial charge in [-0.05, 0) is 30.0 Å². The molecule has 2 rings (SSSR count). The van der Waals surface area contributed by atoms with Crippen LogP contribution in [0.25, 0.3) is 0 Å². The summed E-state index contributed by atoms with van der Waals surface area (Å²) < 4.78 is 12.6. The Morgan fingerprint density at radius 2 is 2.00 bits per heavy atom. The first-order chi connectivity index (χ1) is 6.18. The van der Waals surface area contributed by atoms with Gasteiger partial charge < -0.3 is 0 Å². The van der Waals surface area contributed by atoms with Crippen LogP contribution in [0.15, 0.2) is 24.3 Å². The van der Waals surface area contributed by atoms with E-state index in [4.69, 9.17) is 0 Å². The van der Waals surface area contributed by atoms with E-state index in [0.29, 0.717) is 17.6 Å². The van der Waals surface area contributed by atoms with Gasteiger partial charge >= 0.3 is 0 Å². The molecular formula is C11H12FO+. The number of hydrogen-bond donors (Lipinski definition) is 0. The van der Waals surface area contributed by atoms with Gasteiger partial charge in [0.25, 0.3) is 5.78 Å². The van der Waals surface area contributed by atoms with Crippen molar-refractivity contribution in [3.8, 4) is 0 Å². The van der Waals surface area contributed by atoms with Crippen molar-refractivity contribution in [3.63, 3.8) is 0 Å². The van der Waals surface area contributed by atoms with Gasteiger partial charge in [-0.3, -0.25) is 4.79 Å². The minimum Gasteiger partial charge on any atom is -0.284 e. The molecule has 1 aliphatic rings. The normalized spacial score (nSPS) is 25.7. The van der Waals surface area contributed by atoms with Gasteiger partial charge in [-0.2, -0.15) is 0 Å². The van der Waals surface area contributed by atoms with E-state index in [1.807, 2.05) is 0 Å². The van der Waals surface area contributed by atoms with Crippen LogP contribution in [0.2, 0.25) is 0 Å². The number of halogens is 1. The van der Waals surface area contributed by atoms with Crippen LogP contribution in [0, 0.1) is 11.7 Å². The Morgan fingerprint density at radius 3 is 2.46 bits per heavy atom. The summed E-state index contributed by atoms with van der Waals surface area (Å²) in [6, 6.07) is 6.53. The summed E-state index contributed by atoms with van der Waals surface area (Å²) in [6.45, 7) is 1.73. The van der Waals surface area contributed by atoms with Crippen molar-refractivity contribution in [3.05, 3.63) is 35.6 Å². The molecule has 0 spiro atoms. The van der Waals surface area contributed by atoms with Crippen molar-refractivity contribution in [1.82, 2.24) is 0 Å². The largest absolute Gasteiger partial charge is 0.293 e. The fraction of sp³-hybridized carbons (Fsp3) is 0.364. The molecule has 1 N–H and O–H groups in total. The van der Waals surface area contributed by atoms with E-state index in [0.717, 1.165) is 12.0 Å². The first-order valence-electron chi connectivity index (χ1n) is 4.46. The average Bonchev–Trinajstić information content (AvgIpc) is 2.85. The lowest BCUT2D eigenvalue weighted by Gasteiger charge is -1.96. The standard InChI is InChI=1S/C11H11FO/c1-7(13)10-6-11(10)8-2-4-9(12)5-3-8/h2-5,10-11H,6H2,1H3/p+1/t10?,11-/m0/s1. The Morgan fingerprint density at radius 1 is 1.38 bits per heavy atom. The number of rotatable bonds is 2. The van der Waals surface area contributed by atoms with Crippen LogP contribution in [0.5, 0.6) is 0 Å². The van der Waals surface area contributed by atoms with Gasteiger partial charge in [0.1, 0.15) is 5.82 Å². The quantitative estimate of drug-likeness (QED) is 0.622. The van der Waals surface area contributed by atoms with Crippen molar-refractivity contribution in [1.29, 1.82) is 0 Å². The van der Waals surface area contributed by atoms with Crippen LogP contribution in [-0.4, -0.2) is 10.6 Å². The zero-order chi connectivity index (χ0) is 9.42. The Bertz CT molecular complexity index is 328. The highest BCUT2D eigenvalue weighted by Crippen LogP contribution is 2.47. The smallest absolute Gasteiger partial charge is 0.284 e. The zero-order valence-electron chi connectivity index (χ0n) is 7.50. The maximum absolute atomic E-state index is 12.6. The zero-order valence-corrected chi connectivity index (χ0v) is 7.50. The van der Waals surface area contributed by atoms with Crippen LogP contribution in [0.1, 0.15) is 24.8 Å². The van der Waals surface area contributed by atoms with Crippen LogP contribution >= 0.6 is 0 Å². The molecule has 1 unspecified atom stereocenters. The first-order valence-corrected chi connectivity index (χ1v) is 4.46. The molecule has 68 valence electrons. The van der Waals surface area contributed by atoms with E-state index < -0.39 is 0 Å². The lowest BCUT2D eigenvalue weighted by atomic mass is 10.1. The minimum atomic E-state index is -0.203. The number of ketones is 1. The third-order valence-electron chi connectivity index (χ3n) is 2.63. The fourth-order valence-corrected chi connectivity index (χ4v) is 1.74. The van der Waals surface area contributed by atoms with Crippen LogP contribution < -0.4 is 0 Å². The first kappa shape index (κ1) is 8.42. The topological polar surface area (TPSA) is 21.4 Å². The molecule has 0 heterocycles. The number of carbonyl (C=O) groups excluding carboxylic acids is 1. The predicted octanol–water partition coefficient (Wildman–Crippen LogP) is 2.49. The Balaban J connectivity index is 2.12. The monoisotopic (exact) mass is 179 g/mol. The molecule has 2 heteroatoms. The highest BCUT2D eigenvalue weighted by molar-refractivity contribution is 5.83. The molecule has 1 saturated carbocycles. The van der Waals surface area contributed by atoms with E-state index in [-0.39, 0.29) is 5.82 Å². The van der Waals surface area contributed by atoms with Gasteiger partial charge in [-0.25, -0.2) is 4.39 Å². The Hall–Kier alpha value is -1.18. The molecule has 1 nitrogen and oxygen atoms in total. The Labute approximate surface area is 76.6 Å². The lowest BCUT2D eigenvalue weighted by molar-refractivity contribution is 0.626. The maximum atomic E-state index is 12.6. The molecule has 0 saturated heterocycles. The SMILES string of the molecule is CC(=[OH+])C1C[C@H]1c1ccc(F)cc1. The lowest BCUT2D eigenvalue weighted by Crippen LogP contribution is -1.95. The molecule has 13 heavy (non-hydrogen) atoms. The van der Waals surface area contributed by atoms with Gasteiger partial charge in [0.15, 0.2) is 0 Å². The highest BCUT2D eigenvalue weighted by Gasteiger charge is 2.45. The molecular weight excluding hydrogens is 167 g/mol. The van der Waals surface area contributed by atoms with Crippen molar-refractivity contribution >= 4 is 5.78 Å². The highest BCUT2D eigenvalue weighted by atomic mass is 19.1. The molecule has 1 fully saturated rings. The summed E-state index contributed by atoms with van der Waals surface area (Å²) >= 11 is 0. The molecule has 0 aliphatic heterocycles. The molecule has 1 aromatic carbocycles. The van der Waals surface area contributed by atoms with Crippen molar-refractivity contribution in [2.45, 2.75) is 19.3 Å². The van der Waals surface area contributed by atoms with Gasteiger partial charge in [0, 0.05) is 6.92 Å².